The topological polar surface area (TPSA) is 49.9 Å². The molecule has 0 saturated carbocycles. The Balaban J connectivity index is 1.72. The van der Waals surface area contributed by atoms with Crippen molar-refractivity contribution in [3.8, 4) is 0 Å². The smallest absolute Gasteiger partial charge is 0.0881 e. The summed E-state index contributed by atoms with van der Waals surface area (Å²) in [6.45, 7) is 1.38. The molecule has 2 heterocycles. The molecule has 0 saturated heterocycles. The third-order valence-electron chi connectivity index (χ3n) is 3.78. The Morgan fingerprint density at radius 2 is 2.10 bits per heavy atom. The number of ether oxygens (including phenoxy) is 1. The molecule has 4 rings (SSSR count). The summed E-state index contributed by atoms with van der Waals surface area (Å²) in [5.41, 5.74) is 4.67. The molecule has 0 aliphatic carbocycles. The van der Waals surface area contributed by atoms with Crippen molar-refractivity contribution in [2.45, 2.75) is 12.6 Å². The number of aromatic nitrogens is 2. The van der Waals surface area contributed by atoms with Crippen LogP contribution in [0.1, 0.15) is 17.2 Å². The largest absolute Gasteiger partial charge is 0.374 e. The maximum absolute atomic E-state index is 5.69. The van der Waals surface area contributed by atoms with Crippen LogP contribution in [0, 0.1) is 0 Å². The Morgan fingerprint density at radius 3 is 3.10 bits per heavy atom. The number of H-pyrrole nitrogens is 1. The fourth-order valence-corrected chi connectivity index (χ4v) is 2.78. The minimum atomic E-state index is 0.175. The van der Waals surface area contributed by atoms with Gasteiger partial charge in [0.1, 0.15) is 0 Å². The minimum Gasteiger partial charge on any atom is -0.374 e. The van der Waals surface area contributed by atoms with Crippen molar-refractivity contribution in [3.63, 3.8) is 0 Å². The first-order valence-corrected chi connectivity index (χ1v) is 6.76. The highest BCUT2D eigenvalue weighted by atomic mass is 16.5. The van der Waals surface area contributed by atoms with Crippen LogP contribution >= 0.6 is 0 Å². The van der Waals surface area contributed by atoms with Crippen LogP contribution in [0.15, 0.2) is 48.7 Å². The van der Waals surface area contributed by atoms with E-state index in [2.05, 4.69) is 51.9 Å². The average Bonchev–Trinajstić information content (AvgIpc) is 2.97. The van der Waals surface area contributed by atoms with E-state index in [1.165, 1.54) is 11.1 Å². The quantitative estimate of drug-likeness (QED) is 0.747. The highest BCUT2D eigenvalue weighted by Crippen LogP contribution is 2.30. The van der Waals surface area contributed by atoms with E-state index in [-0.39, 0.29) is 6.04 Å². The number of nitrogens with zero attached hydrogens (tertiary/aromatic N) is 1. The van der Waals surface area contributed by atoms with Gasteiger partial charge >= 0.3 is 0 Å². The van der Waals surface area contributed by atoms with Gasteiger partial charge in [-0.3, -0.25) is 5.10 Å². The molecule has 2 N–H and O–H groups in total. The molecule has 0 spiro atoms. The summed E-state index contributed by atoms with van der Waals surface area (Å²) in [5.74, 6) is 0. The summed E-state index contributed by atoms with van der Waals surface area (Å²) in [4.78, 5) is 0. The number of hydrogen-bond acceptors (Lipinski definition) is 3. The van der Waals surface area contributed by atoms with Crippen molar-refractivity contribution in [2.24, 2.45) is 0 Å². The highest BCUT2D eigenvalue weighted by molar-refractivity contribution is 5.90. The van der Waals surface area contributed by atoms with Gasteiger partial charge in [0.2, 0.25) is 0 Å². The van der Waals surface area contributed by atoms with Crippen LogP contribution in [0.25, 0.3) is 10.9 Å². The number of rotatable bonds is 2. The van der Waals surface area contributed by atoms with Gasteiger partial charge in [0, 0.05) is 5.39 Å². The molecule has 1 aromatic heterocycles. The fourth-order valence-electron chi connectivity index (χ4n) is 2.78. The van der Waals surface area contributed by atoms with E-state index in [1.54, 1.807) is 0 Å². The molecule has 0 bridgehead atoms. The molecule has 1 aliphatic heterocycles. The van der Waals surface area contributed by atoms with E-state index in [0.717, 1.165) is 16.6 Å². The number of anilines is 1. The molecule has 3 aromatic rings. The Hall–Kier alpha value is -2.33. The van der Waals surface area contributed by atoms with Gasteiger partial charge < -0.3 is 10.1 Å². The molecular weight excluding hydrogens is 250 g/mol. The third-order valence-corrected chi connectivity index (χ3v) is 3.78. The summed E-state index contributed by atoms with van der Waals surface area (Å²) >= 11 is 0. The van der Waals surface area contributed by atoms with Crippen molar-refractivity contribution in [3.05, 3.63) is 59.8 Å². The van der Waals surface area contributed by atoms with Gasteiger partial charge in [0.25, 0.3) is 0 Å². The standard InChI is InChI=1S/C16H15N3O/c1-2-6-13-12(4-1)9-20-10-15(13)18-14-7-3-5-11-8-17-19-16(11)14/h1-8,15,18H,9-10H2,(H,17,19). The molecule has 4 heteroatoms. The predicted octanol–water partition coefficient (Wildman–Crippen LogP) is 3.25. The van der Waals surface area contributed by atoms with E-state index in [1.807, 2.05) is 12.3 Å². The average molecular weight is 265 g/mol. The predicted molar refractivity (Wildman–Crippen MR) is 78.6 cm³/mol. The third kappa shape index (κ3) is 1.85. The number of aromatic amines is 1. The van der Waals surface area contributed by atoms with E-state index in [0.29, 0.717) is 13.2 Å². The van der Waals surface area contributed by atoms with E-state index < -0.39 is 0 Å². The van der Waals surface area contributed by atoms with Gasteiger partial charge in [-0.1, -0.05) is 36.4 Å². The lowest BCUT2D eigenvalue weighted by atomic mass is 9.99. The van der Waals surface area contributed by atoms with Crippen LogP contribution in [-0.4, -0.2) is 16.8 Å². The normalized spacial score (nSPS) is 17.9. The van der Waals surface area contributed by atoms with Gasteiger partial charge in [-0.2, -0.15) is 5.10 Å². The first-order chi connectivity index (χ1) is 9.92. The second-order valence-electron chi connectivity index (χ2n) is 5.05. The first-order valence-electron chi connectivity index (χ1n) is 6.76. The number of hydrogen-bond donors (Lipinski definition) is 2. The van der Waals surface area contributed by atoms with E-state index in [9.17, 15) is 0 Å². The second kappa shape index (κ2) is 4.65. The lowest BCUT2D eigenvalue weighted by molar-refractivity contribution is 0.0970. The maximum atomic E-state index is 5.69. The van der Waals surface area contributed by atoms with Crippen molar-refractivity contribution in [2.75, 3.05) is 11.9 Å². The van der Waals surface area contributed by atoms with Gasteiger partial charge in [-0.25, -0.2) is 0 Å². The van der Waals surface area contributed by atoms with E-state index in [4.69, 9.17) is 4.74 Å². The van der Waals surface area contributed by atoms with Crippen LogP contribution < -0.4 is 5.32 Å². The van der Waals surface area contributed by atoms with Crippen LogP contribution in [-0.2, 0) is 11.3 Å². The minimum absolute atomic E-state index is 0.175. The lowest BCUT2D eigenvalue weighted by Gasteiger charge is -2.27. The Labute approximate surface area is 116 Å². The Morgan fingerprint density at radius 1 is 1.15 bits per heavy atom. The van der Waals surface area contributed by atoms with Crippen molar-refractivity contribution in [1.82, 2.24) is 10.2 Å². The molecule has 1 unspecified atom stereocenters. The number of benzene rings is 2. The van der Waals surface area contributed by atoms with Crippen LogP contribution in [0.5, 0.6) is 0 Å². The zero-order valence-electron chi connectivity index (χ0n) is 11.0. The molecule has 2 aromatic carbocycles. The van der Waals surface area contributed by atoms with Gasteiger partial charge in [0.05, 0.1) is 36.7 Å². The number of para-hydroxylation sites is 1. The summed E-state index contributed by atoms with van der Waals surface area (Å²) in [7, 11) is 0. The SMILES string of the molecule is c1ccc2c(c1)COCC2Nc1cccc2cn[nH]c12. The fraction of sp³-hybridized carbons (Fsp3) is 0.188. The van der Waals surface area contributed by atoms with Crippen molar-refractivity contribution < 1.29 is 4.74 Å². The van der Waals surface area contributed by atoms with Crippen LogP contribution in [0.3, 0.4) is 0 Å². The Kier molecular flexibility index (Phi) is 2.67. The molecule has 1 aliphatic rings. The number of fused-ring (bicyclic) bond motifs is 2. The van der Waals surface area contributed by atoms with Gasteiger partial charge in [-0.15, -0.1) is 0 Å². The molecule has 0 radical (unpaired) electrons. The molecule has 100 valence electrons. The van der Waals surface area contributed by atoms with Gasteiger partial charge in [0.15, 0.2) is 0 Å². The molecule has 1 atom stereocenters. The van der Waals surface area contributed by atoms with Crippen molar-refractivity contribution in [1.29, 1.82) is 0 Å². The monoisotopic (exact) mass is 265 g/mol. The summed E-state index contributed by atoms with van der Waals surface area (Å²) in [6.07, 6.45) is 1.84. The zero-order valence-corrected chi connectivity index (χ0v) is 11.0. The Bertz CT molecular complexity index is 750. The zero-order chi connectivity index (χ0) is 13.4. The first kappa shape index (κ1) is 11.5. The molecule has 4 nitrogen and oxygen atoms in total. The lowest BCUT2D eigenvalue weighted by Crippen LogP contribution is -2.23. The van der Waals surface area contributed by atoms with Gasteiger partial charge in [-0.05, 0) is 17.2 Å². The summed E-state index contributed by atoms with van der Waals surface area (Å²) in [5, 5.41) is 11.8. The molecule has 20 heavy (non-hydrogen) atoms. The summed E-state index contributed by atoms with van der Waals surface area (Å²) in [6, 6.07) is 14.8. The number of nitrogens with one attached hydrogen (secondary N) is 2. The second-order valence-corrected chi connectivity index (χ2v) is 5.05. The van der Waals surface area contributed by atoms with Crippen LogP contribution in [0.2, 0.25) is 0 Å². The van der Waals surface area contributed by atoms with Crippen LogP contribution in [0.4, 0.5) is 5.69 Å². The maximum Gasteiger partial charge on any atom is 0.0881 e. The highest BCUT2D eigenvalue weighted by Gasteiger charge is 2.20. The molecule has 0 fully saturated rings. The molecular formula is C16H15N3O. The molecule has 0 amide bonds. The van der Waals surface area contributed by atoms with E-state index >= 15 is 0 Å². The van der Waals surface area contributed by atoms with Crippen molar-refractivity contribution >= 4 is 16.6 Å². The summed E-state index contributed by atoms with van der Waals surface area (Å²) < 4.78 is 5.69.